The van der Waals surface area contributed by atoms with E-state index in [4.69, 9.17) is 4.74 Å². The Bertz CT molecular complexity index is 732. The number of carbonyl (C=O) groups excluding carboxylic acids is 2. The quantitative estimate of drug-likeness (QED) is 0.777. The summed E-state index contributed by atoms with van der Waals surface area (Å²) in [7, 11) is 0. The highest BCUT2D eigenvalue weighted by Gasteiger charge is 2.61. The first-order valence-electron chi connectivity index (χ1n) is 10.1. The summed E-state index contributed by atoms with van der Waals surface area (Å²) < 4.78 is 5.39. The second kappa shape index (κ2) is 6.67. The van der Waals surface area contributed by atoms with Crippen molar-refractivity contribution >= 4 is 11.9 Å². The Morgan fingerprint density at radius 1 is 1.27 bits per heavy atom. The maximum absolute atomic E-state index is 13.3. The number of nitrogens with zero attached hydrogens (tertiary/aromatic N) is 2. The molecule has 0 aromatic carbocycles. The number of hydrogen-bond acceptors (Lipinski definition) is 4. The predicted molar refractivity (Wildman–Crippen MR) is 97.8 cm³/mol. The van der Waals surface area contributed by atoms with E-state index >= 15 is 0 Å². The molecule has 0 spiro atoms. The first kappa shape index (κ1) is 17.5. The molecule has 1 aromatic rings. The van der Waals surface area contributed by atoms with Crippen LogP contribution < -0.4 is 0 Å². The highest BCUT2D eigenvalue weighted by atomic mass is 16.5. The molecule has 2 aliphatic heterocycles. The van der Waals surface area contributed by atoms with Crippen LogP contribution in [-0.2, 0) is 22.4 Å². The number of fused-ring (bicyclic) bond motifs is 3. The van der Waals surface area contributed by atoms with Gasteiger partial charge in [-0.1, -0.05) is 6.92 Å². The molecule has 2 fully saturated rings. The molecule has 1 aromatic heterocycles. The third-order valence-electron chi connectivity index (χ3n) is 6.70. The minimum atomic E-state index is -0.532. The molecule has 5 nitrogen and oxygen atoms in total. The van der Waals surface area contributed by atoms with Crippen LogP contribution >= 0.6 is 0 Å². The molecule has 5 heteroatoms. The van der Waals surface area contributed by atoms with Crippen LogP contribution in [-0.4, -0.2) is 40.5 Å². The van der Waals surface area contributed by atoms with Crippen molar-refractivity contribution in [3.05, 3.63) is 29.1 Å². The SMILES string of the molecule is CCOC(=O)[C@@]1(CC)C[C@H]2CC[C@@H]1N2C(=O)c1cnc2c(c1)CCCC2. The van der Waals surface area contributed by atoms with Crippen molar-refractivity contribution in [1.82, 2.24) is 9.88 Å². The number of rotatable bonds is 4. The molecule has 140 valence electrons. The molecular weight excluding hydrogens is 328 g/mol. The first-order chi connectivity index (χ1) is 12.6. The van der Waals surface area contributed by atoms with Crippen LogP contribution in [0.4, 0.5) is 0 Å². The Kier molecular flexibility index (Phi) is 4.49. The summed E-state index contributed by atoms with van der Waals surface area (Å²) >= 11 is 0. The third kappa shape index (κ3) is 2.55. The van der Waals surface area contributed by atoms with Gasteiger partial charge in [0.15, 0.2) is 0 Å². The van der Waals surface area contributed by atoms with E-state index in [-0.39, 0.29) is 24.0 Å². The average molecular weight is 356 g/mol. The standard InChI is InChI=1S/C21H28N2O3/c1-3-21(20(25)26-4-2)12-16-9-10-18(21)23(16)19(24)15-11-14-7-5-6-8-17(14)22-13-15/h11,13,16,18H,3-10,12H2,1-2H3/t16-,18+,21+/m1/s1. The normalized spacial score (nSPS) is 29.5. The molecule has 3 aliphatic rings. The van der Waals surface area contributed by atoms with Gasteiger partial charge in [-0.2, -0.15) is 0 Å². The number of pyridine rings is 1. The van der Waals surface area contributed by atoms with Gasteiger partial charge in [0, 0.05) is 24.0 Å². The summed E-state index contributed by atoms with van der Waals surface area (Å²) in [5, 5.41) is 0. The minimum Gasteiger partial charge on any atom is -0.466 e. The topological polar surface area (TPSA) is 59.5 Å². The van der Waals surface area contributed by atoms with Crippen molar-refractivity contribution in [1.29, 1.82) is 0 Å². The summed E-state index contributed by atoms with van der Waals surface area (Å²) in [6.45, 7) is 4.28. The zero-order valence-corrected chi connectivity index (χ0v) is 15.8. The molecule has 0 radical (unpaired) electrons. The van der Waals surface area contributed by atoms with E-state index in [0.717, 1.165) is 44.2 Å². The van der Waals surface area contributed by atoms with Crippen LogP contribution in [0.5, 0.6) is 0 Å². The molecule has 3 atom stereocenters. The maximum Gasteiger partial charge on any atom is 0.314 e. The second-order valence-electron chi connectivity index (χ2n) is 7.93. The van der Waals surface area contributed by atoms with E-state index in [9.17, 15) is 9.59 Å². The molecule has 4 rings (SSSR count). The molecule has 3 heterocycles. The second-order valence-corrected chi connectivity index (χ2v) is 7.93. The minimum absolute atomic E-state index is 0.0398. The van der Waals surface area contributed by atoms with Gasteiger partial charge in [-0.3, -0.25) is 14.6 Å². The van der Waals surface area contributed by atoms with Gasteiger partial charge in [-0.15, -0.1) is 0 Å². The summed E-state index contributed by atoms with van der Waals surface area (Å²) in [5.41, 5.74) is 2.52. The van der Waals surface area contributed by atoms with E-state index in [1.165, 1.54) is 18.4 Å². The van der Waals surface area contributed by atoms with Crippen molar-refractivity contribution in [2.45, 2.75) is 77.3 Å². The molecule has 0 unspecified atom stereocenters. The van der Waals surface area contributed by atoms with Crippen LogP contribution in [0.2, 0.25) is 0 Å². The van der Waals surface area contributed by atoms with Crippen LogP contribution in [0.3, 0.4) is 0 Å². The van der Waals surface area contributed by atoms with Crippen LogP contribution in [0.25, 0.3) is 0 Å². The van der Waals surface area contributed by atoms with E-state index in [2.05, 4.69) is 4.98 Å². The summed E-state index contributed by atoms with van der Waals surface area (Å²) in [6.07, 6.45) is 9.44. The van der Waals surface area contributed by atoms with Crippen LogP contribution in [0.1, 0.15) is 74.0 Å². The van der Waals surface area contributed by atoms with E-state index < -0.39 is 5.41 Å². The fourth-order valence-corrected chi connectivity index (χ4v) is 5.36. The number of esters is 1. The Morgan fingerprint density at radius 2 is 2.08 bits per heavy atom. The number of aryl methyl sites for hydroxylation is 2. The van der Waals surface area contributed by atoms with Gasteiger partial charge in [-0.25, -0.2) is 0 Å². The lowest BCUT2D eigenvalue weighted by atomic mass is 9.72. The van der Waals surface area contributed by atoms with Gasteiger partial charge in [-0.05, 0) is 69.9 Å². The van der Waals surface area contributed by atoms with Gasteiger partial charge in [0.2, 0.25) is 0 Å². The number of ether oxygens (including phenoxy) is 1. The number of carbonyl (C=O) groups is 2. The van der Waals surface area contributed by atoms with Crippen molar-refractivity contribution in [2.24, 2.45) is 5.41 Å². The van der Waals surface area contributed by atoms with E-state index in [1.807, 2.05) is 24.8 Å². The fourth-order valence-electron chi connectivity index (χ4n) is 5.36. The monoisotopic (exact) mass is 356 g/mol. The molecule has 1 amide bonds. The fraction of sp³-hybridized carbons (Fsp3) is 0.667. The predicted octanol–water partition coefficient (Wildman–Crippen LogP) is 3.30. The zero-order valence-electron chi connectivity index (χ0n) is 15.8. The Hall–Kier alpha value is -1.91. The summed E-state index contributed by atoms with van der Waals surface area (Å²) in [5.74, 6) is -0.0888. The van der Waals surface area contributed by atoms with Crippen molar-refractivity contribution < 1.29 is 14.3 Å². The Morgan fingerprint density at radius 3 is 2.85 bits per heavy atom. The van der Waals surface area contributed by atoms with Crippen molar-refractivity contribution in [3.8, 4) is 0 Å². The molecule has 2 saturated heterocycles. The Balaban J connectivity index is 1.62. The number of aromatic nitrogens is 1. The van der Waals surface area contributed by atoms with E-state index in [0.29, 0.717) is 12.2 Å². The van der Waals surface area contributed by atoms with Gasteiger partial charge >= 0.3 is 5.97 Å². The van der Waals surface area contributed by atoms with Crippen LogP contribution in [0, 0.1) is 5.41 Å². The zero-order chi connectivity index (χ0) is 18.3. The maximum atomic E-state index is 13.3. The average Bonchev–Trinajstić information content (AvgIpc) is 3.23. The highest BCUT2D eigenvalue weighted by Crippen LogP contribution is 2.52. The molecular formula is C21H28N2O3. The lowest BCUT2D eigenvalue weighted by Crippen LogP contribution is -2.45. The van der Waals surface area contributed by atoms with Crippen molar-refractivity contribution in [3.63, 3.8) is 0 Å². The lowest BCUT2D eigenvalue weighted by molar-refractivity contribution is -0.157. The molecule has 26 heavy (non-hydrogen) atoms. The van der Waals surface area contributed by atoms with Gasteiger partial charge in [0.25, 0.3) is 5.91 Å². The third-order valence-corrected chi connectivity index (χ3v) is 6.70. The summed E-state index contributed by atoms with van der Waals surface area (Å²) in [4.78, 5) is 32.6. The smallest absolute Gasteiger partial charge is 0.314 e. The van der Waals surface area contributed by atoms with Crippen molar-refractivity contribution in [2.75, 3.05) is 6.61 Å². The summed E-state index contributed by atoms with van der Waals surface area (Å²) in [6, 6.07) is 2.15. The molecule has 1 aliphatic carbocycles. The lowest BCUT2D eigenvalue weighted by Gasteiger charge is -2.34. The van der Waals surface area contributed by atoms with Gasteiger partial charge in [0.05, 0.1) is 17.6 Å². The first-order valence-corrected chi connectivity index (χ1v) is 10.1. The number of hydrogen-bond donors (Lipinski definition) is 0. The number of amides is 1. The largest absolute Gasteiger partial charge is 0.466 e. The van der Waals surface area contributed by atoms with E-state index in [1.54, 1.807) is 6.20 Å². The molecule has 0 saturated carbocycles. The van der Waals surface area contributed by atoms with Crippen LogP contribution in [0.15, 0.2) is 12.3 Å². The van der Waals surface area contributed by atoms with Gasteiger partial charge < -0.3 is 9.64 Å². The van der Waals surface area contributed by atoms with Gasteiger partial charge in [0.1, 0.15) is 0 Å². The molecule has 0 N–H and O–H groups in total. The highest BCUT2D eigenvalue weighted by molar-refractivity contribution is 5.96. The Labute approximate surface area is 155 Å². The molecule has 2 bridgehead atoms.